The molecular formula is C18H20N2O2. The lowest BCUT2D eigenvalue weighted by Crippen LogP contribution is -2.47. The Bertz CT molecular complexity index is 667. The average molecular weight is 296 g/mol. The van der Waals surface area contributed by atoms with Gasteiger partial charge in [-0.3, -0.25) is 4.79 Å². The highest BCUT2D eigenvalue weighted by Gasteiger charge is 2.28. The molecule has 1 atom stereocenters. The van der Waals surface area contributed by atoms with Gasteiger partial charge in [-0.2, -0.15) is 0 Å². The maximum atomic E-state index is 12.4. The largest absolute Gasteiger partial charge is 0.492 e. The second-order valence-corrected chi connectivity index (χ2v) is 5.53. The van der Waals surface area contributed by atoms with E-state index < -0.39 is 0 Å². The first-order valence-corrected chi connectivity index (χ1v) is 7.51. The Morgan fingerprint density at radius 2 is 1.86 bits per heavy atom. The van der Waals surface area contributed by atoms with Crippen LogP contribution in [0, 0.1) is 6.92 Å². The van der Waals surface area contributed by atoms with Crippen molar-refractivity contribution in [1.82, 2.24) is 0 Å². The number of rotatable bonds is 4. The van der Waals surface area contributed by atoms with Crippen LogP contribution in [0.4, 0.5) is 11.4 Å². The third-order valence-electron chi connectivity index (χ3n) is 3.81. The fourth-order valence-electron chi connectivity index (χ4n) is 2.60. The van der Waals surface area contributed by atoms with Gasteiger partial charge in [0.05, 0.1) is 17.9 Å². The van der Waals surface area contributed by atoms with Crippen LogP contribution < -0.4 is 15.0 Å². The van der Waals surface area contributed by atoms with Crippen LogP contribution >= 0.6 is 0 Å². The van der Waals surface area contributed by atoms with Crippen molar-refractivity contribution >= 4 is 17.3 Å². The summed E-state index contributed by atoms with van der Waals surface area (Å²) in [6.45, 7) is 4.93. The van der Waals surface area contributed by atoms with Gasteiger partial charge >= 0.3 is 0 Å². The number of para-hydroxylation sites is 2. The molecule has 0 aliphatic carbocycles. The van der Waals surface area contributed by atoms with E-state index in [9.17, 15) is 4.79 Å². The van der Waals surface area contributed by atoms with Crippen LogP contribution in [0.3, 0.4) is 0 Å². The first kappa shape index (κ1) is 14.4. The summed E-state index contributed by atoms with van der Waals surface area (Å²) in [7, 11) is 0. The molecule has 4 heteroatoms. The molecule has 1 aliphatic rings. The molecule has 0 saturated carbocycles. The molecule has 114 valence electrons. The minimum atomic E-state index is -0.214. The molecule has 2 aromatic rings. The second-order valence-electron chi connectivity index (χ2n) is 5.53. The van der Waals surface area contributed by atoms with Crippen molar-refractivity contribution in [3.63, 3.8) is 0 Å². The van der Waals surface area contributed by atoms with Crippen LogP contribution in [-0.2, 0) is 4.79 Å². The van der Waals surface area contributed by atoms with Crippen molar-refractivity contribution in [3.8, 4) is 5.75 Å². The molecule has 1 N–H and O–H groups in total. The number of amides is 1. The van der Waals surface area contributed by atoms with Crippen LogP contribution in [0.25, 0.3) is 0 Å². The highest BCUT2D eigenvalue weighted by Crippen LogP contribution is 2.30. The summed E-state index contributed by atoms with van der Waals surface area (Å²) in [5.74, 6) is 0.903. The molecule has 1 heterocycles. The van der Waals surface area contributed by atoms with Crippen LogP contribution in [0.1, 0.15) is 12.5 Å². The zero-order chi connectivity index (χ0) is 15.5. The number of hydrogen-bond acceptors (Lipinski definition) is 3. The average Bonchev–Trinajstić information content (AvgIpc) is 2.53. The lowest BCUT2D eigenvalue weighted by molar-refractivity contribution is -0.119. The predicted molar refractivity (Wildman–Crippen MR) is 88.6 cm³/mol. The van der Waals surface area contributed by atoms with Crippen LogP contribution in [-0.4, -0.2) is 25.1 Å². The summed E-state index contributed by atoms with van der Waals surface area (Å²) in [6, 6.07) is 15.6. The summed E-state index contributed by atoms with van der Waals surface area (Å²) >= 11 is 0. The maximum absolute atomic E-state index is 12.4. The highest BCUT2D eigenvalue weighted by atomic mass is 16.5. The normalized spacial score (nSPS) is 16.9. The van der Waals surface area contributed by atoms with Crippen molar-refractivity contribution in [2.24, 2.45) is 0 Å². The van der Waals surface area contributed by atoms with Gasteiger partial charge in [0.15, 0.2) is 0 Å². The molecule has 0 radical (unpaired) electrons. The lowest BCUT2D eigenvalue weighted by Gasteiger charge is -2.33. The predicted octanol–water partition coefficient (Wildman–Crippen LogP) is 3.22. The molecule has 1 amide bonds. The van der Waals surface area contributed by atoms with Crippen molar-refractivity contribution in [2.75, 3.05) is 23.4 Å². The number of ether oxygens (including phenoxy) is 1. The smallest absolute Gasteiger partial charge is 0.249 e. The third-order valence-corrected chi connectivity index (χ3v) is 3.81. The first-order valence-electron chi connectivity index (χ1n) is 7.51. The van der Waals surface area contributed by atoms with E-state index in [1.54, 1.807) is 4.90 Å². The summed E-state index contributed by atoms with van der Waals surface area (Å²) in [4.78, 5) is 14.2. The van der Waals surface area contributed by atoms with E-state index >= 15 is 0 Å². The summed E-state index contributed by atoms with van der Waals surface area (Å²) in [5.41, 5.74) is 3.11. The van der Waals surface area contributed by atoms with E-state index in [1.807, 2.05) is 62.4 Å². The molecule has 2 aromatic carbocycles. The number of benzene rings is 2. The molecule has 22 heavy (non-hydrogen) atoms. The Kier molecular flexibility index (Phi) is 4.00. The number of nitrogens with zero attached hydrogens (tertiary/aromatic N) is 1. The molecule has 0 fully saturated rings. The van der Waals surface area contributed by atoms with E-state index in [-0.39, 0.29) is 11.9 Å². The Balaban J connectivity index is 1.68. The van der Waals surface area contributed by atoms with Gasteiger partial charge in [0, 0.05) is 0 Å². The van der Waals surface area contributed by atoms with Gasteiger partial charge in [0.2, 0.25) is 5.91 Å². The van der Waals surface area contributed by atoms with E-state index in [2.05, 4.69) is 5.32 Å². The topological polar surface area (TPSA) is 41.6 Å². The first-order chi connectivity index (χ1) is 10.6. The summed E-state index contributed by atoms with van der Waals surface area (Å²) in [5, 5.41) is 3.22. The standard InChI is InChI=1S/C18H20N2O2/c1-13-7-9-15(10-8-13)22-12-11-20-17-6-4-3-5-16(17)19-14(2)18(20)21/h3-10,14,19H,11-12H2,1-2H3. The van der Waals surface area contributed by atoms with Crippen LogP contribution in [0.2, 0.25) is 0 Å². The number of carbonyl (C=O) groups excluding carboxylic acids is 1. The molecular weight excluding hydrogens is 276 g/mol. The minimum Gasteiger partial charge on any atom is -0.492 e. The summed E-state index contributed by atoms with van der Waals surface area (Å²) < 4.78 is 5.75. The van der Waals surface area contributed by atoms with Crippen molar-refractivity contribution < 1.29 is 9.53 Å². The molecule has 0 saturated heterocycles. The molecule has 0 aromatic heterocycles. The molecule has 0 spiro atoms. The van der Waals surface area contributed by atoms with Crippen molar-refractivity contribution in [3.05, 3.63) is 54.1 Å². The number of carbonyl (C=O) groups is 1. The fourth-order valence-corrected chi connectivity index (χ4v) is 2.60. The van der Waals surface area contributed by atoms with Crippen molar-refractivity contribution in [1.29, 1.82) is 0 Å². The van der Waals surface area contributed by atoms with Crippen LogP contribution in [0.15, 0.2) is 48.5 Å². The van der Waals surface area contributed by atoms with Crippen LogP contribution in [0.5, 0.6) is 5.75 Å². The van der Waals surface area contributed by atoms with Gasteiger partial charge in [-0.05, 0) is 38.1 Å². The van der Waals surface area contributed by atoms with Gasteiger partial charge in [0.1, 0.15) is 18.4 Å². The molecule has 4 nitrogen and oxygen atoms in total. The maximum Gasteiger partial charge on any atom is 0.249 e. The zero-order valence-electron chi connectivity index (χ0n) is 12.9. The number of anilines is 2. The second kappa shape index (κ2) is 6.10. The van der Waals surface area contributed by atoms with E-state index in [1.165, 1.54) is 5.56 Å². The number of nitrogens with one attached hydrogen (secondary N) is 1. The Labute approximate surface area is 130 Å². The van der Waals surface area contributed by atoms with Gasteiger partial charge in [-0.25, -0.2) is 0 Å². The van der Waals surface area contributed by atoms with Gasteiger partial charge in [0.25, 0.3) is 0 Å². The highest BCUT2D eigenvalue weighted by molar-refractivity contribution is 6.04. The van der Waals surface area contributed by atoms with E-state index in [0.717, 1.165) is 17.1 Å². The van der Waals surface area contributed by atoms with Gasteiger partial charge < -0.3 is 15.0 Å². The Morgan fingerprint density at radius 3 is 2.64 bits per heavy atom. The van der Waals surface area contributed by atoms with E-state index in [4.69, 9.17) is 4.74 Å². The van der Waals surface area contributed by atoms with Crippen molar-refractivity contribution in [2.45, 2.75) is 19.9 Å². The summed E-state index contributed by atoms with van der Waals surface area (Å²) in [6.07, 6.45) is 0. The third kappa shape index (κ3) is 2.91. The molecule has 1 aliphatic heterocycles. The monoisotopic (exact) mass is 296 g/mol. The molecule has 1 unspecified atom stereocenters. The number of hydrogen-bond donors (Lipinski definition) is 1. The van der Waals surface area contributed by atoms with Gasteiger partial charge in [-0.1, -0.05) is 29.8 Å². The number of fused-ring (bicyclic) bond motifs is 1. The SMILES string of the molecule is Cc1ccc(OCCN2C(=O)C(C)Nc3ccccc32)cc1. The molecule has 0 bridgehead atoms. The zero-order valence-corrected chi connectivity index (χ0v) is 12.9. The van der Waals surface area contributed by atoms with Gasteiger partial charge in [-0.15, -0.1) is 0 Å². The minimum absolute atomic E-state index is 0.0752. The Hall–Kier alpha value is -2.49. The van der Waals surface area contributed by atoms with E-state index in [0.29, 0.717) is 13.2 Å². The molecule has 3 rings (SSSR count). The lowest BCUT2D eigenvalue weighted by atomic mass is 10.1. The fraction of sp³-hybridized carbons (Fsp3) is 0.278. The Morgan fingerprint density at radius 1 is 1.14 bits per heavy atom. The quantitative estimate of drug-likeness (QED) is 0.942. The number of aryl methyl sites for hydroxylation is 1.